The Labute approximate surface area is 141 Å². The Hall–Kier alpha value is -2.00. The van der Waals surface area contributed by atoms with Crippen molar-refractivity contribution < 1.29 is 9.53 Å². The molecule has 0 saturated carbocycles. The molecule has 2 aromatic rings. The molecule has 1 heterocycles. The van der Waals surface area contributed by atoms with Crippen LogP contribution >= 0.6 is 11.6 Å². The SMILES string of the molecule is Cc1cc(C)c(NC(=O)C2COc3ccc(Cl)cc3C2)c(C)c1. The summed E-state index contributed by atoms with van der Waals surface area (Å²) in [7, 11) is 0. The molecule has 2 aromatic carbocycles. The summed E-state index contributed by atoms with van der Waals surface area (Å²) in [6.45, 7) is 6.48. The lowest BCUT2D eigenvalue weighted by molar-refractivity contribution is -0.121. The van der Waals surface area contributed by atoms with Gasteiger partial charge in [-0.05, 0) is 62.1 Å². The first-order valence-corrected chi connectivity index (χ1v) is 8.12. The molecule has 3 nitrogen and oxygen atoms in total. The van der Waals surface area contributed by atoms with Crippen LogP contribution in [0.2, 0.25) is 5.02 Å². The van der Waals surface area contributed by atoms with Crippen molar-refractivity contribution in [3.63, 3.8) is 0 Å². The van der Waals surface area contributed by atoms with Gasteiger partial charge in [-0.3, -0.25) is 4.79 Å². The van der Waals surface area contributed by atoms with Gasteiger partial charge in [0.25, 0.3) is 0 Å². The van der Waals surface area contributed by atoms with Gasteiger partial charge in [0.2, 0.25) is 5.91 Å². The van der Waals surface area contributed by atoms with E-state index in [-0.39, 0.29) is 11.8 Å². The highest BCUT2D eigenvalue weighted by atomic mass is 35.5. The van der Waals surface area contributed by atoms with E-state index >= 15 is 0 Å². The molecule has 0 spiro atoms. The number of carbonyl (C=O) groups excluding carboxylic acids is 1. The van der Waals surface area contributed by atoms with Crippen molar-refractivity contribution in [1.29, 1.82) is 0 Å². The number of carbonyl (C=O) groups is 1. The van der Waals surface area contributed by atoms with Crippen LogP contribution in [-0.2, 0) is 11.2 Å². The van der Waals surface area contributed by atoms with Gasteiger partial charge in [-0.1, -0.05) is 29.3 Å². The molecule has 4 heteroatoms. The molecule has 1 N–H and O–H groups in total. The van der Waals surface area contributed by atoms with Crippen molar-refractivity contribution >= 4 is 23.2 Å². The van der Waals surface area contributed by atoms with Crippen molar-refractivity contribution in [3.05, 3.63) is 57.6 Å². The zero-order valence-electron chi connectivity index (χ0n) is 13.6. The average Bonchev–Trinajstić information content (AvgIpc) is 2.49. The minimum atomic E-state index is -0.207. The highest BCUT2D eigenvalue weighted by Crippen LogP contribution is 2.31. The molecule has 0 fully saturated rings. The molecule has 0 radical (unpaired) electrons. The minimum absolute atomic E-state index is 0.00863. The largest absolute Gasteiger partial charge is 0.492 e. The fraction of sp³-hybridized carbons (Fsp3) is 0.316. The van der Waals surface area contributed by atoms with Gasteiger partial charge in [-0.25, -0.2) is 0 Å². The highest BCUT2D eigenvalue weighted by molar-refractivity contribution is 6.30. The van der Waals surface area contributed by atoms with Crippen molar-refractivity contribution in [2.24, 2.45) is 5.92 Å². The number of fused-ring (bicyclic) bond motifs is 1. The lowest BCUT2D eigenvalue weighted by atomic mass is 9.95. The van der Waals surface area contributed by atoms with Gasteiger partial charge in [-0.15, -0.1) is 0 Å². The van der Waals surface area contributed by atoms with E-state index in [9.17, 15) is 4.79 Å². The van der Waals surface area contributed by atoms with Crippen LogP contribution in [0, 0.1) is 26.7 Å². The topological polar surface area (TPSA) is 38.3 Å². The molecule has 0 saturated heterocycles. The predicted octanol–water partition coefficient (Wildman–Crippen LogP) is 4.46. The molecule has 23 heavy (non-hydrogen) atoms. The summed E-state index contributed by atoms with van der Waals surface area (Å²) in [4.78, 5) is 12.6. The predicted molar refractivity (Wildman–Crippen MR) is 93.4 cm³/mol. The number of aryl methyl sites for hydroxylation is 3. The Morgan fingerprint density at radius 2 is 1.87 bits per heavy atom. The number of hydrogen-bond donors (Lipinski definition) is 1. The molecule has 1 aliphatic heterocycles. The van der Waals surface area contributed by atoms with E-state index < -0.39 is 0 Å². The third-order valence-electron chi connectivity index (χ3n) is 4.22. The Kier molecular flexibility index (Phi) is 4.31. The molecular formula is C19H20ClNO2. The number of hydrogen-bond acceptors (Lipinski definition) is 2. The van der Waals surface area contributed by atoms with Gasteiger partial charge in [0.1, 0.15) is 12.4 Å². The lowest BCUT2D eigenvalue weighted by Crippen LogP contribution is -2.33. The Bertz CT molecular complexity index is 747. The van der Waals surface area contributed by atoms with Crippen LogP contribution in [0.5, 0.6) is 5.75 Å². The van der Waals surface area contributed by atoms with Crippen LogP contribution < -0.4 is 10.1 Å². The maximum Gasteiger partial charge on any atom is 0.231 e. The molecule has 1 aliphatic rings. The zero-order chi connectivity index (χ0) is 16.6. The molecule has 0 aliphatic carbocycles. The Morgan fingerprint density at radius 1 is 1.17 bits per heavy atom. The van der Waals surface area contributed by atoms with Crippen LogP contribution in [-0.4, -0.2) is 12.5 Å². The first-order valence-electron chi connectivity index (χ1n) is 7.74. The number of halogens is 1. The maximum atomic E-state index is 12.6. The Morgan fingerprint density at radius 3 is 2.57 bits per heavy atom. The summed E-state index contributed by atoms with van der Waals surface area (Å²) in [6.07, 6.45) is 0.645. The van der Waals surface area contributed by atoms with Crippen LogP contribution in [0.3, 0.4) is 0 Å². The van der Waals surface area contributed by atoms with Gasteiger partial charge in [0, 0.05) is 10.7 Å². The summed E-state index contributed by atoms with van der Waals surface area (Å²) < 4.78 is 5.71. The van der Waals surface area contributed by atoms with E-state index in [2.05, 4.69) is 24.4 Å². The van der Waals surface area contributed by atoms with E-state index in [1.165, 1.54) is 5.56 Å². The number of rotatable bonds is 2. The standard InChI is InChI=1S/C19H20ClNO2/c1-11-6-12(2)18(13(3)7-11)21-19(22)15-8-14-9-16(20)4-5-17(14)23-10-15/h4-7,9,15H,8,10H2,1-3H3,(H,21,22). The number of ether oxygens (including phenoxy) is 1. The Balaban J connectivity index is 1.78. The van der Waals surface area contributed by atoms with Crippen molar-refractivity contribution in [2.45, 2.75) is 27.2 Å². The molecule has 120 valence electrons. The normalized spacial score (nSPS) is 16.4. The van der Waals surface area contributed by atoms with Gasteiger partial charge in [0.05, 0.1) is 5.92 Å². The van der Waals surface area contributed by atoms with Gasteiger partial charge in [-0.2, -0.15) is 0 Å². The molecule has 1 unspecified atom stereocenters. The molecular weight excluding hydrogens is 310 g/mol. The van der Waals surface area contributed by atoms with Gasteiger partial charge < -0.3 is 10.1 Å². The van der Waals surface area contributed by atoms with Crippen LogP contribution in [0.15, 0.2) is 30.3 Å². The second kappa shape index (κ2) is 6.25. The maximum absolute atomic E-state index is 12.6. The highest BCUT2D eigenvalue weighted by Gasteiger charge is 2.26. The third-order valence-corrected chi connectivity index (χ3v) is 4.46. The van der Waals surface area contributed by atoms with Crippen molar-refractivity contribution in [1.82, 2.24) is 0 Å². The van der Waals surface area contributed by atoms with Gasteiger partial charge in [0.15, 0.2) is 0 Å². The smallest absolute Gasteiger partial charge is 0.231 e. The van der Waals surface area contributed by atoms with Crippen molar-refractivity contribution in [3.8, 4) is 5.75 Å². The van der Waals surface area contributed by atoms with Gasteiger partial charge >= 0.3 is 0 Å². The van der Waals surface area contributed by atoms with E-state index in [1.54, 1.807) is 6.07 Å². The lowest BCUT2D eigenvalue weighted by Gasteiger charge is -2.25. The van der Waals surface area contributed by atoms with E-state index in [0.29, 0.717) is 18.1 Å². The average molecular weight is 330 g/mol. The first-order chi connectivity index (χ1) is 10.9. The quantitative estimate of drug-likeness (QED) is 0.883. The molecule has 0 aromatic heterocycles. The van der Waals surface area contributed by atoms with Crippen molar-refractivity contribution in [2.75, 3.05) is 11.9 Å². The molecule has 3 rings (SSSR count). The summed E-state index contributed by atoms with van der Waals surface area (Å²) >= 11 is 6.03. The van der Waals surface area contributed by atoms with E-state index in [0.717, 1.165) is 28.1 Å². The minimum Gasteiger partial charge on any atom is -0.492 e. The third kappa shape index (κ3) is 3.35. The number of nitrogens with one attached hydrogen (secondary N) is 1. The van der Waals surface area contributed by atoms with Crippen LogP contribution in [0.4, 0.5) is 5.69 Å². The summed E-state index contributed by atoms with van der Waals surface area (Å²) in [5.74, 6) is 0.605. The second-order valence-corrected chi connectivity index (χ2v) is 6.66. The van der Waals surface area contributed by atoms with Crippen LogP contribution in [0.25, 0.3) is 0 Å². The molecule has 0 bridgehead atoms. The molecule has 1 atom stereocenters. The zero-order valence-corrected chi connectivity index (χ0v) is 14.3. The van der Waals surface area contributed by atoms with E-state index in [4.69, 9.17) is 16.3 Å². The number of benzene rings is 2. The summed E-state index contributed by atoms with van der Waals surface area (Å²) in [5, 5.41) is 3.73. The summed E-state index contributed by atoms with van der Waals surface area (Å²) in [5.41, 5.74) is 5.24. The number of anilines is 1. The fourth-order valence-electron chi connectivity index (χ4n) is 3.13. The fourth-order valence-corrected chi connectivity index (χ4v) is 3.33. The van der Waals surface area contributed by atoms with Crippen LogP contribution in [0.1, 0.15) is 22.3 Å². The summed E-state index contributed by atoms with van der Waals surface area (Å²) in [6, 6.07) is 9.70. The molecule has 1 amide bonds. The first kappa shape index (κ1) is 15.9. The number of amides is 1. The monoisotopic (exact) mass is 329 g/mol. The van der Waals surface area contributed by atoms with E-state index in [1.807, 2.05) is 26.0 Å². The second-order valence-electron chi connectivity index (χ2n) is 6.23.